The van der Waals surface area contributed by atoms with Gasteiger partial charge in [0.2, 0.25) is 0 Å². The number of benzene rings is 1. The van der Waals surface area contributed by atoms with E-state index in [-0.39, 0.29) is 18.2 Å². The molecule has 2 heterocycles. The van der Waals surface area contributed by atoms with Gasteiger partial charge in [-0.3, -0.25) is 0 Å². The van der Waals surface area contributed by atoms with Crippen LogP contribution in [0.5, 0.6) is 0 Å². The maximum absolute atomic E-state index is 13.3. The van der Waals surface area contributed by atoms with Gasteiger partial charge in [0.15, 0.2) is 23.3 Å². The number of carbonyl (C=O) groups is 1. The molecule has 0 spiro atoms. The minimum atomic E-state index is -1.58. The van der Waals surface area contributed by atoms with Crippen LogP contribution >= 0.6 is 0 Å². The van der Waals surface area contributed by atoms with Crippen molar-refractivity contribution in [1.29, 1.82) is 0 Å². The standard InChI is InChI=1S/C16H18F3N5O2/c1-23-13(8-25)21-22-15(23)9-3-2-4-24(7-9)16(26)20-10-5-11(17)14(19)12(18)6-10/h5-6,9,25H,2-4,7-8H2,1H3,(H,20,26)/t9-/m0/s1. The molecule has 0 saturated carbocycles. The summed E-state index contributed by atoms with van der Waals surface area (Å²) in [4.78, 5) is 13.9. The molecule has 0 unspecified atom stereocenters. The van der Waals surface area contributed by atoms with Crippen LogP contribution < -0.4 is 5.32 Å². The van der Waals surface area contributed by atoms with E-state index in [1.807, 2.05) is 0 Å². The molecule has 1 aliphatic rings. The number of hydrogen-bond donors (Lipinski definition) is 2. The SMILES string of the molecule is Cn1c(CO)nnc1[C@H]1CCCN(C(=O)Nc2cc(F)c(F)c(F)c2)C1. The van der Waals surface area contributed by atoms with Gasteiger partial charge in [-0.2, -0.15) is 0 Å². The molecule has 1 aromatic carbocycles. The number of amides is 2. The Morgan fingerprint density at radius 1 is 1.31 bits per heavy atom. The second kappa shape index (κ2) is 7.32. The number of nitrogens with zero attached hydrogens (tertiary/aromatic N) is 4. The van der Waals surface area contributed by atoms with E-state index in [1.54, 1.807) is 11.6 Å². The highest BCUT2D eigenvalue weighted by Crippen LogP contribution is 2.26. The van der Waals surface area contributed by atoms with Gasteiger partial charge in [0.05, 0.1) is 0 Å². The van der Waals surface area contributed by atoms with Gasteiger partial charge in [-0.1, -0.05) is 0 Å². The van der Waals surface area contributed by atoms with Crippen LogP contribution in [-0.2, 0) is 13.7 Å². The summed E-state index contributed by atoms with van der Waals surface area (Å²) in [6, 6.07) is 0.923. The Morgan fingerprint density at radius 2 is 2.00 bits per heavy atom. The van der Waals surface area contributed by atoms with E-state index in [9.17, 15) is 23.1 Å². The average molecular weight is 369 g/mol. The van der Waals surface area contributed by atoms with Gasteiger partial charge in [0, 0.05) is 43.9 Å². The number of aromatic nitrogens is 3. The fourth-order valence-corrected chi connectivity index (χ4v) is 3.07. The Balaban J connectivity index is 1.71. The number of halogens is 3. The van der Waals surface area contributed by atoms with Crippen LogP contribution in [0.3, 0.4) is 0 Å². The maximum Gasteiger partial charge on any atom is 0.321 e. The van der Waals surface area contributed by atoms with Gasteiger partial charge in [0.25, 0.3) is 0 Å². The Hall–Kier alpha value is -2.62. The molecule has 0 radical (unpaired) electrons. The molecule has 1 saturated heterocycles. The zero-order valence-corrected chi connectivity index (χ0v) is 14.0. The third-order valence-electron chi connectivity index (χ3n) is 4.45. The molecule has 1 aliphatic heterocycles. The van der Waals surface area contributed by atoms with E-state index in [0.29, 0.717) is 31.2 Å². The maximum atomic E-state index is 13.3. The lowest BCUT2D eigenvalue weighted by molar-refractivity contribution is 0.190. The van der Waals surface area contributed by atoms with E-state index < -0.39 is 23.5 Å². The van der Waals surface area contributed by atoms with E-state index in [0.717, 1.165) is 18.6 Å². The second-order valence-corrected chi connectivity index (χ2v) is 6.16. The van der Waals surface area contributed by atoms with E-state index in [4.69, 9.17) is 0 Å². The van der Waals surface area contributed by atoms with Gasteiger partial charge in [0.1, 0.15) is 12.4 Å². The Kier molecular flexibility index (Phi) is 5.12. The molecule has 10 heteroatoms. The van der Waals surface area contributed by atoms with Crippen molar-refractivity contribution in [2.24, 2.45) is 7.05 Å². The number of urea groups is 1. The zero-order chi connectivity index (χ0) is 18.8. The number of piperidine rings is 1. The molecule has 0 bridgehead atoms. The average Bonchev–Trinajstić information content (AvgIpc) is 3.00. The highest BCUT2D eigenvalue weighted by Gasteiger charge is 2.28. The van der Waals surface area contributed by atoms with Crippen LogP contribution in [0.2, 0.25) is 0 Å². The quantitative estimate of drug-likeness (QED) is 0.812. The summed E-state index contributed by atoms with van der Waals surface area (Å²) < 4.78 is 41.3. The van der Waals surface area contributed by atoms with E-state index in [1.165, 1.54) is 4.90 Å². The molecule has 140 valence electrons. The molecule has 26 heavy (non-hydrogen) atoms. The van der Waals surface area contributed by atoms with Crippen LogP contribution in [0, 0.1) is 17.5 Å². The van der Waals surface area contributed by atoms with Crippen molar-refractivity contribution in [3.63, 3.8) is 0 Å². The first-order valence-electron chi connectivity index (χ1n) is 8.10. The Labute approximate surface area is 147 Å². The fraction of sp³-hybridized carbons (Fsp3) is 0.438. The molecule has 7 nitrogen and oxygen atoms in total. The van der Waals surface area contributed by atoms with Crippen molar-refractivity contribution < 1.29 is 23.1 Å². The highest BCUT2D eigenvalue weighted by atomic mass is 19.2. The summed E-state index contributed by atoms with van der Waals surface area (Å²) in [6.07, 6.45) is 1.51. The first kappa shape index (κ1) is 18.2. The molecule has 2 aromatic rings. The molecular weight excluding hydrogens is 351 g/mol. The number of likely N-dealkylation sites (tertiary alicyclic amines) is 1. The molecule has 1 atom stereocenters. The predicted molar refractivity (Wildman–Crippen MR) is 85.8 cm³/mol. The molecule has 3 rings (SSSR count). The van der Waals surface area contributed by atoms with Crippen molar-refractivity contribution >= 4 is 11.7 Å². The van der Waals surface area contributed by atoms with Gasteiger partial charge >= 0.3 is 6.03 Å². The summed E-state index contributed by atoms with van der Waals surface area (Å²) in [5, 5.41) is 19.6. The van der Waals surface area contributed by atoms with Crippen molar-refractivity contribution in [1.82, 2.24) is 19.7 Å². The first-order chi connectivity index (χ1) is 12.4. The third kappa shape index (κ3) is 3.50. The second-order valence-electron chi connectivity index (χ2n) is 6.16. The minimum absolute atomic E-state index is 0.0750. The zero-order valence-electron chi connectivity index (χ0n) is 14.0. The smallest absolute Gasteiger partial charge is 0.321 e. The van der Waals surface area contributed by atoms with Crippen molar-refractivity contribution in [2.45, 2.75) is 25.4 Å². The fourth-order valence-electron chi connectivity index (χ4n) is 3.07. The summed E-state index contributed by atoms with van der Waals surface area (Å²) >= 11 is 0. The summed E-state index contributed by atoms with van der Waals surface area (Å²) in [6.45, 7) is 0.580. The van der Waals surface area contributed by atoms with Crippen LogP contribution in [0.25, 0.3) is 0 Å². The number of aliphatic hydroxyl groups excluding tert-OH is 1. The molecular formula is C16H18F3N5O2. The lowest BCUT2D eigenvalue weighted by atomic mass is 9.97. The normalized spacial score (nSPS) is 17.4. The number of rotatable bonds is 3. The predicted octanol–water partition coefficient (Wildman–Crippen LogP) is 2.14. The number of carbonyl (C=O) groups excluding carboxylic acids is 1. The Bertz CT molecular complexity index is 803. The number of nitrogens with one attached hydrogen (secondary N) is 1. The molecule has 0 aliphatic carbocycles. The van der Waals surface area contributed by atoms with E-state index in [2.05, 4.69) is 15.5 Å². The van der Waals surface area contributed by atoms with Gasteiger partial charge in [-0.15, -0.1) is 10.2 Å². The molecule has 2 N–H and O–H groups in total. The largest absolute Gasteiger partial charge is 0.388 e. The van der Waals surface area contributed by atoms with E-state index >= 15 is 0 Å². The number of aliphatic hydroxyl groups is 1. The van der Waals surface area contributed by atoms with Crippen molar-refractivity contribution in [3.8, 4) is 0 Å². The van der Waals surface area contributed by atoms with Crippen molar-refractivity contribution in [2.75, 3.05) is 18.4 Å². The third-order valence-corrected chi connectivity index (χ3v) is 4.45. The summed E-state index contributed by atoms with van der Waals surface area (Å²) in [7, 11) is 1.74. The minimum Gasteiger partial charge on any atom is -0.388 e. The highest BCUT2D eigenvalue weighted by molar-refractivity contribution is 5.89. The summed E-state index contributed by atoms with van der Waals surface area (Å²) in [5.41, 5.74) is -0.158. The Morgan fingerprint density at radius 3 is 2.62 bits per heavy atom. The van der Waals surface area contributed by atoms with Crippen LogP contribution in [0.15, 0.2) is 12.1 Å². The topological polar surface area (TPSA) is 83.3 Å². The van der Waals surface area contributed by atoms with Crippen molar-refractivity contribution in [3.05, 3.63) is 41.2 Å². The van der Waals surface area contributed by atoms with Gasteiger partial charge in [-0.05, 0) is 12.8 Å². The number of hydrogen-bond acceptors (Lipinski definition) is 4. The summed E-state index contributed by atoms with van der Waals surface area (Å²) in [5.74, 6) is -3.30. The van der Waals surface area contributed by atoms with Crippen LogP contribution in [-0.4, -0.2) is 43.9 Å². The van der Waals surface area contributed by atoms with Gasteiger partial charge < -0.3 is 19.9 Å². The van der Waals surface area contributed by atoms with Gasteiger partial charge in [-0.25, -0.2) is 18.0 Å². The number of anilines is 1. The van der Waals surface area contributed by atoms with Crippen LogP contribution in [0.4, 0.5) is 23.7 Å². The molecule has 1 fully saturated rings. The molecule has 2 amide bonds. The van der Waals surface area contributed by atoms with Crippen LogP contribution in [0.1, 0.15) is 30.4 Å². The molecule has 1 aromatic heterocycles. The monoisotopic (exact) mass is 369 g/mol. The lowest BCUT2D eigenvalue weighted by Crippen LogP contribution is -2.42. The first-order valence-corrected chi connectivity index (χ1v) is 8.10. The lowest BCUT2D eigenvalue weighted by Gasteiger charge is -2.32.